The van der Waals surface area contributed by atoms with Crippen LogP contribution in [0.3, 0.4) is 0 Å². The van der Waals surface area contributed by atoms with Gasteiger partial charge in [0, 0.05) is 12.1 Å². The van der Waals surface area contributed by atoms with E-state index in [4.69, 9.17) is 0 Å². The minimum atomic E-state index is -0.941. The summed E-state index contributed by atoms with van der Waals surface area (Å²) in [6, 6.07) is 13.4. The number of carbonyl (C=O) groups is 4. The van der Waals surface area contributed by atoms with Crippen molar-refractivity contribution >= 4 is 46.2 Å². The third kappa shape index (κ3) is 4.62. The number of para-hydroxylation sites is 1. The van der Waals surface area contributed by atoms with E-state index >= 15 is 0 Å². The number of rotatable bonds is 6. The van der Waals surface area contributed by atoms with Crippen LogP contribution in [0.2, 0.25) is 0 Å². The van der Waals surface area contributed by atoms with Gasteiger partial charge in [-0.15, -0.1) is 0 Å². The number of nitrogens with zero attached hydrogens (tertiary/aromatic N) is 2. The molecule has 29 heavy (non-hydrogen) atoms. The Labute approximate surface area is 170 Å². The number of amides is 3. The summed E-state index contributed by atoms with van der Waals surface area (Å²) in [7, 11) is 1.21. The van der Waals surface area contributed by atoms with Crippen LogP contribution in [0.25, 0.3) is 0 Å². The number of methoxy groups -OCH3 is 1. The molecule has 0 saturated carbocycles. The van der Waals surface area contributed by atoms with Gasteiger partial charge in [-0.05, 0) is 48.2 Å². The lowest BCUT2D eigenvalue weighted by Gasteiger charge is -2.22. The third-order valence-corrected chi connectivity index (χ3v) is 5.29. The fraction of sp³-hybridized carbons (Fsp3) is 0.200. The molecule has 0 unspecified atom stereocenters. The Balaban J connectivity index is 1.77. The summed E-state index contributed by atoms with van der Waals surface area (Å²) in [6.07, 6.45) is -0.279. The van der Waals surface area contributed by atoms with Crippen molar-refractivity contribution in [2.24, 2.45) is 0 Å². The van der Waals surface area contributed by atoms with Gasteiger partial charge in [0.2, 0.25) is 11.8 Å². The minimum absolute atomic E-state index is 0.235. The summed E-state index contributed by atoms with van der Waals surface area (Å²) in [5.41, 5.74) is 0.707. The number of anilines is 2. The second-order valence-corrected chi connectivity index (χ2v) is 7.27. The van der Waals surface area contributed by atoms with Crippen LogP contribution in [0.4, 0.5) is 20.6 Å². The number of hydrogen-bond acceptors (Lipinski definition) is 6. The van der Waals surface area contributed by atoms with Crippen molar-refractivity contribution in [3.63, 3.8) is 0 Å². The number of imide groups is 1. The molecular formula is C20H17FN2O5S. The number of halogens is 1. The second kappa shape index (κ2) is 8.87. The summed E-state index contributed by atoms with van der Waals surface area (Å²) in [5.74, 6) is -2.17. The summed E-state index contributed by atoms with van der Waals surface area (Å²) in [5, 5.41) is -1.48. The summed E-state index contributed by atoms with van der Waals surface area (Å²) >= 11 is 0.726. The molecule has 1 atom stereocenters. The first-order valence-corrected chi connectivity index (χ1v) is 9.51. The number of carbonyl (C=O) groups excluding carboxylic acids is 4. The van der Waals surface area contributed by atoms with Crippen LogP contribution in [0.5, 0.6) is 0 Å². The molecule has 1 saturated heterocycles. The number of hydrogen-bond donors (Lipinski definition) is 0. The Morgan fingerprint density at radius 1 is 1.10 bits per heavy atom. The Kier molecular flexibility index (Phi) is 6.28. The SMILES string of the molecule is COC(=O)CN(C(=O)C[C@H]1SC(=O)N(c2ccc(F)cc2)C1=O)c1ccccc1. The Hall–Kier alpha value is -3.20. The minimum Gasteiger partial charge on any atom is -0.468 e. The van der Waals surface area contributed by atoms with E-state index < -0.39 is 34.1 Å². The van der Waals surface area contributed by atoms with Crippen LogP contribution in [0, 0.1) is 5.82 Å². The fourth-order valence-electron chi connectivity index (χ4n) is 2.80. The number of esters is 1. The molecule has 3 amide bonds. The van der Waals surface area contributed by atoms with Gasteiger partial charge in [0.15, 0.2) is 0 Å². The maximum absolute atomic E-state index is 13.1. The zero-order valence-electron chi connectivity index (χ0n) is 15.4. The van der Waals surface area contributed by atoms with Gasteiger partial charge in [0.05, 0.1) is 12.8 Å². The largest absolute Gasteiger partial charge is 0.468 e. The predicted molar refractivity (Wildman–Crippen MR) is 106 cm³/mol. The number of ether oxygens (including phenoxy) is 1. The molecule has 2 aromatic rings. The van der Waals surface area contributed by atoms with E-state index in [-0.39, 0.29) is 18.7 Å². The van der Waals surface area contributed by atoms with Crippen molar-refractivity contribution in [1.29, 1.82) is 0 Å². The van der Waals surface area contributed by atoms with Gasteiger partial charge in [-0.1, -0.05) is 18.2 Å². The molecule has 0 aromatic heterocycles. The van der Waals surface area contributed by atoms with Crippen LogP contribution in [0.15, 0.2) is 54.6 Å². The van der Waals surface area contributed by atoms with Gasteiger partial charge in [0.25, 0.3) is 5.24 Å². The standard InChI is InChI=1S/C20H17FN2O5S/c1-28-18(25)12-22(14-5-3-2-4-6-14)17(24)11-16-19(26)23(20(27)29-16)15-9-7-13(21)8-10-15/h2-10,16H,11-12H2,1H3/t16-/m1/s1. The van der Waals surface area contributed by atoms with Crippen molar-refractivity contribution in [1.82, 2.24) is 0 Å². The van der Waals surface area contributed by atoms with Gasteiger partial charge < -0.3 is 9.64 Å². The van der Waals surface area contributed by atoms with Gasteiger partial charge >= 0.3 is 5.97 Å². The summed E-state index contributed by atoms with van der Waals surface area (Å²) in [4.78, 5) is 51.7. The molecule has 1 heterocycles. The van der Waals surface area contributed by atoms with E-state index in [1.165, 1.54) is 24.1 Å². The number of thioether (sulfide) groups is 1. The fourth-order valence-corrected chi connectivity index (χ4v) is 3.78. The first kappa shape index (κ1) is 20.5. The molecule has 7 nitrogen and oxygen atoms in total. The number of benzene rings is 2. The maximum atomic E-state index is 13.1. The van der Waals surface area contributed by atoms with Crippen LogP contribution < -0.4 is 9.80 Å². The van der Waals surface area contributed by atoms with Crippen LogP contribution in [-0.2, 0) is 19.1 Å². The molecule has 1 fully saturated rings. The van der Waals surface area contributed by atoms with Crippen LogP contribution in [-0.4, -0.2) is 41.9 Å². The highest BCUT2D eigenvalue weighted by atomic mass is 32.2. The molecule has 0 radical (unpaired) electrons. The van der Waals surface area contributed by atoms with E-state index in [9.17, 15) is 23.6 Å². The maximum Gasteiger partial charge on any atom is 0.325 e. The summed E-state index contributed by atoms with van der Waals surface area (Å²) in [6.45, 7) is -0.319. The Bertz CT molecular complexity index is 936. The lowest BCUT2D eigenvalue weighted by atomic mass is 10.2. The molecule has 9 heteroatoms. The molecule has 0 aliphatic carbocycles. The Morgan fingerprint density at radius 3 is 2.38 bits per heavy atom. The van der Waals surface area contributed by atoms with Crippen molar-refractivity contribution in [2.45, 2.75) is 11.7 Å². The van der Waals surface area contributed by atoms with Gasteiger partial charge in [-0.3, -0.25) is 19.2 Å². The van der Waals surface area contributed by atoms with E-state index in [0.29, 0.717) is 5.69 Å². The van der Waals surface area contributed by atoms with E-state index in [2.05, 4.69) is 4.74 Å². The lowest BCUT2D eigenvalue weighted by Crippen LogP contribution is -2.39. The van der Waals surface area contributed by atoms with Crippen LogP contribution >= 0.6 is 11.8 Å². The van der Waals surface area contributed by atoms with Gasteiger partial charge in [-0.2, -0.15) is 0 Å². The van der Waals surface area contributed by atoms with Gasteiger partial charge in [0.1, 0.15) is 17.6 Å². The highest BCUT2D eigenvalue weighted by Crippen LogP contribution is 2.34. The molecular weight excluding hydrogens is 399 g/mol. The average molecular weight is 416 g/mol. The predicted octanol–water partition coefficient (Wildman–Crippen LogP) is 2.99. The van der Waals surface area contributed by atoms with Crippen molar-refractivity contribution in [3.8, 4) is 0 Å². The van der Waals surface area contributed by atoms with Crippen LogP contribution in [0.1, 0.15) is 6.42 Å². The van der Waals surface area contributed by atoms with Crippen molar-refractivity contribution in [2.75, 3.05) is 23.5 Å². The molecule has 150 valence electrons. The Morgan fingerprint density at radius 2 is 1.76 bits per heavy atom. The normalized spacial score (nSPS) is 16.1. The highest BCUT2D eigenvalue weighted by Gasteiger charge is 2.42. The van der Waals surface area contributed by atoms with E-state index in [1.807, 2.05) is 0 Å². The lowest BCUT2D eigenvalue weighted by molar-refractivity contribution is -0.140. The zero-order valence-corrected chi connectivity index (χ0v) is 16.2. The first-order chi connectivity index (χ1) is 13.9. The quantitative estimate of drug-likeness (QED) is 0.673. The monoisotopic (exact) mass is 416 g/mol. The van der Waals surface area contributed by atoms with Crippen molar-refractivity contribution in [3.05, 3.63) is 60.4 Å². The molecule has 0 N–H and O–H groups in total. The van der Waals surface area contributed by atoms with E-state index in [0.717, 1.165) is 28.8 Å². The van der Waals surface area contributed by atoms with Gasteiger partial charge in [-0.25, -0.2) is 9.29 Å². The molecule has 0 bridgehead atoms. The average Bonchev–Trinajstić information content (AvgIpc) is 3.00. The zero-order chi connectivity index (χ0) is 21.0. The summed E-state index contributed by atoms with van der Waals surface area (Å²) < 4.78 is 17.8. The molecule has 2 aromatic carbocycles. The molecule has 3 rings (SSSR count). The topological polar surface area (TPSA) is 84.0 Å². The molecule has 1 aliphatic heterocycles. The molecule has 0 spiro atoms. The van der Waals surface area contributed by atoms with E-state index in [1.54, 1.807) is 30.3 Å². The first-order valence-electron chi connectivity index (χ1n) is 8.63. The second-order valence-electron chi connectivity index (χ2n) is 6.12. The smallest absolute Gasteiger partial charge is 0.325 e. The third-order valence-electron chi connectivity index (χ3n) is 4.25. The highest BCUT2D eigenvalue weighted by molar-refractivity contribution is 8.15. The van der Waals surface area contributed by atoms with Crippen molar-refractivity contribution < 1.29 is 28.3 Å². The molecule has 1 aliphatic rings.